The minimum Gasteiger partial charge on any atom is -0.356 e. The molecule has 1 saturated heterocycles. The highest BCUT2D eigenvalue weighted by Gasteiger charge is 2.27. The second-order valence-electron chi connectivity index (χ2n) is 9.20. The zero-order valence-electron chi connectivity index (χ0n) is 21.2. The summed E-state index contributed by atoms with van der Waals surface area (Å²) in [5.41, 5.74) is 4.82. The Balaban J connectivity index is 1.63. The molecule has 196 valence electrons. The molecule has 0 aliphatic carbocycles. The minimum atomic E-state index is -0.454. The Morgan fingerprint density at radius 3 is 2.70 bits per heavy atom. The number of fused-ring (bicyclic) bond motifs is 1. The van der Waals surface area contributed by atoms with E-state index in [0.717, 1.165) is 25.7 Å². The van der Waals surface area contributed by atoms with Gasteiger partial charge in [0.05, 0.1) is 12.6 Å². The van der Waals surface area contributed by atoms with Crippen LogP contribution >= 0.6 is 0 Å². The average molecular weight is 511 g/mol. The third kappa shape index (κ3) is 5.91. The summed E-state index contributed by atoms with van der Waals surface area (Å²) in [5.74, 6) is -0.00849. The first-order valence-electron chi connectivity index (χ1n) is 12.4. The third-order valence-electron chi connectivity index (χ3n) is 6.80. The van der Waals surface area contributed by atoms with Crippen molar-refractivity contribution in [3.63, 3.8) is 0 Å². The van der Waals surface area contributed by atoms with E-state index in [0.29, 0.717) is 53.0 Å². The number of nitrogens with one attached hydrogen (secondary N) is 1. The van der Waals surface area contributed by atoms with E-state index in [4.69, 9.17) is 4.84 Å². The van der Waals surface area contributed by atoms with Crippen LogP contribution in [0.2, 0.25) is 0 Å². The molecule has 2 aromatic carbocycles. The third-order valence-corrected chi connectivity index (χ3v) is 6.80. The van der Waals surface area contributed by atoms with Crippen molar-refractivity contribution in [1.29, 1.82) is 0 Å². The number of hydroxylamine groups is 1. The van der Waals surface area contributed by atoms with E-state index in [-0.39, 0.29) is 18.6 Å². The van der Waals surface area contributed by atoms with Gasteiger partial charge in [0.1, 0.15) is 29.9 Å². The number of carbonyl (C=O) groups excluding carboxylic acids is 1. The molecule has 3 aromatic rings. The zero-order chi connectivity index (χ0) is 26.4. The summed E-state index contributed by atoms with van der Waals surface area (Å²) in [4.78, 5) is 33.0. The van der Waals surface area contributed by atoms with Gasteiger partial charge in [0.15, 0.2) is 0 Å². The van der Waals surface area contributed by atoms with E-state index in [1.807, 2.05) is 6.92 Å². The lowest BCUT2D eigenvalue weighted by atomic mass is 9.93. The molecule has 10 heteroatoms. The van der Waals surface area contributed by atoms with Crippen LogP contribution in [0.3, 0.4) is 0 Å². The van der Waals surface area contributed by atoms with Gasteiger partial charge in [-0.15, -0.1) is 0 Å². The maximum absolute atomic E-state index is 15.0. The molecule has 4 rings (SSSR count). The number of halogens is 2. The van der Waals surface area contributed by atoms with Gasteiger partial charge in [0, 0.05) is 42.7 Å². The van der Waals surface area contributed by atoms with E-state index in [1.54, 1.807) is 19.2 Å². The summed E-state index contributed by atoms with van der Waals surface area (Å²) in [6.07, 6.45) is 4.43. The van der Waals surface area contributed by atoms with Crippen LogP contribution in [0.4, 0.5) is 14.6 Å². The van der Waals surface area contributed by atoms with Crippen molar-refractivity contribution in [2.75, 3.05) is 31.6 Å². The molecular formula is C27H32F2N6O2. The molecule has 0 spiro atoms. The molecule has 1 atom stereocenters. The molecule has 1 aromatic heterocycles. The number of anilines is 1. The maximum atomic E-state index is 15.0. The Kier molecular flexibility index (Phi) is 8.73. The van der Waals surface area contributed by atoms with Gasteiger partial charge < -0.3 is 14.6 Å². The Hall–Kier alpha value is -3.50. The molecule has 1 aliphatic rings. The molecule has 1 N–H and O–H groups in total. The van der Waals surface area contributed by atoms with Crippen molar-refractivity contribution in [2.45, 2.75) is 38.9 Å². The lowest BCUT2D eigenvalue weighted by Gasteiger charge is -2.35. The lowest BCUT2D eigenvalue weighted by Crippen LogP contribution is -2.42. The largest absolute Gasteiger partial charge is 0.356 e. The maximum Gasteiger partial charge on any atom is 0.210 e. The van der Waals surface area contributed by atoms with Crippen molar-refractivity contribution in [3.05, 3.63) is 53.9 Å². The highest BCUT2D eigenvalue weighted by atomic mass is 19.1. The number of aromatic nitrogens is 2. The van der Waals surface area contributed by atoms with Crippen LogP contribution < -0.4 is 10.4 Å². The van der Waals surface area contributed by atoms with Gasteiger partial charge in [-0.3, -0.25) is 9.79 Å². The molecule has 1 unspecified atom stereocenters. The van der Waals surface area contributed by atoms with E-state index < -0.39 is 11.6 Å². The smallest absolute Gasteiger partial charge is 0.210 e. The summed E-state index contributed by atoms with van der Waals surface area (Å²) in [7, 11) is 1.55. The molecule has 1 aliphatic heterocycles. The molecule has 0 bridgehead atoms. The van der Waals surface area contributed by atoms with Gasteiger partial charge in [-0.2, -0.15) is 5.48 Å². The second-order valence-corrected chi connectivity index (χ2v) is 9.20. The van der Waals surface area contributed by atoms with Gasteiger partial charge in [0.25, 0.3) is 0 Å². The van der Waals surface area contributed by atoms with Crippen molar-refractivity contribution >= 4 is 29.8 Å². The number of hydrogen-bond acceptors (Lipinski definition) is 7. The van der Waals surface area contributed by atoms with E-state index >= 15 is 4.39 Å². The fourth-order valence-corrected chi connectivity index (χ4v) is 4.94. The van der Waals surface area contributed by atoms with Crippen LogP contribution in [0.15, 0.2) is 41.7 Å². The average Bonchev–Trinajstić information content (AvgIpc) is 2.91. The van der Waals surface area contributed by atoms with Crippen molar-refractivity contribution in [2.24, 2.45) is 10.9 Å². The lowest BCUT2D eigenvalue weighted by molar-refractivity contribution is -0.118. The van der Waals surface area contributed by atoms with Crippen LogP contribution in [0.1, 0.15) is 31.7 Å². The summed E-state index contributed by atoms with van der Waals surface area (Å²) in [5, 5.41) is 0.573. The second kappa shape index (κ2) is 12.2. The number of carbonyl (C=O) groups is 1. The Bertz CT molecular complexity index is 1250. The van der Waals surface area contributed by atoms with Crippen LogP contribution in [0.5, 0.6) is 0 Å². The Morgan fingerprint density at radius 2 is 2.05 bits per heavy atom. The first kappa shape index (κ1) is 26.6. The minimum absolute atomic E-state index is 0.178. The number of amides is 1. The van der Waals surface area contributed by atoms with Gasteiger partial charge in [-0.05, 0) is 55.7 Å². The van der Waals surface area contributed by atoms with E-state index in [1.165, 1.54) is 29.4 Å². The van der Waals surface area contributed by atoms with Crippen LogP contribution in [0.25, 0.3) is 22.0 Å². The normalized spacial score (nSPS) is 15.1. The molecule has 2 heterocycles. The summed E-state index contributed by atoms with van der Waals surface area (Å²) in [6, 6.07) is 7.54. The standard InChI is InChI=1S/C27H32F2N6O2/c1-4-9-34(17-36)15-20-6-5-19(12-24(20)29)22-13-21(28)14-23-25(22)31-16-32-27(23)35-10-7-18(8-11-35)26(30-2)33-37-3/h5-6,12-14,16-18,26,33H,2,4,7-11,15H2,1,3H3. The molecule has 8 nitrogen and oxygen atoms in total. The van der Waals surface area contributed by atoms with Crippen molar-refractivity contribution in [3.8, 4) is 11.1 Å². The van der Waals surface area contributed by atoms with E-state index in [2.05, 4.69) is 32.1 Å². The monoisotopic (exact) mass is 510 g/mol. The van der Waals surface area contributed by atoms with Gasteiger partial charge in [0.2, 0.25) is 6.41 Å². The fraction of sp³-hybridized carbons (Fsp3) is 0.407. The zero-order valence-corrected chi connectivity index (χ0v) is 21.2. The highest BCUT2D eigenvalue weighted by Crippen LogP contribution is 2.35. The van der Waals surface area contributed by atoms with Gasteiger partial charge in [-0.1, -0.05) is 19.1 Å². The SMILES string of the molecule is C=NC(NOC)C1CCN(c2ncnc3c(-c4ccc(CN(C=O)CCC)c(F)c4)cc(F)cc23)CC1. The molecule has 0 saturated carbocycles. The number of aliphatic imine (C=N–C) groups is 1. The van der Waals surface area contributed by atoms with Crippen LogP contribution in [0, 0.1) is 17.6 Å². The summed E-state index contributed by atoms with van der Waals surface area (Å²) < 4.78 is 29.9. The Labute approximate surface area is 215 Å². The predicted octanol–water partition coefficient (Wildman–Crippen LogP) is 4.34. The quantitative estimate of drug-likeness (QED) is 0.235. The topological polar surface area (TPSA) is 83.0 Å². The molecule has 37 heavy (non-hydrogen) atoms. The van der Waals surface area contributed by atoms with Crippen LogP contribution in [-0.2, 0) is 16.2 Å². The van der Waals surface area contributed by atoms with Gasteiger partial charge >= 0.3 is 0 Å². The predicted molar refractivity (Wildman–Crippen MR) is 140 cm³/mol. The van der Waals surface area contributed by atoms with Crippen molar-refractivity contribution < 1.29 is 18.4 Å². The molecule has 1 amide bonds. The molecule has 0 radical (unpaired) electrons. The van der Waals surface area contributed by atoms with Crippen molar-refractivity contribution in [1.82, 2.24) is 20.3 Å². The summed E-state index contributed by atoms with van der Waals surface area (Å²) in [6.45, 7) is 7.73. The van der Waals surface area contributed by atoms with Gasteiger partial charge in [-0.25, -0.2) is 18.7 Å². The first-order chi connectivity index (χ1) is 18.0. The number of nitrogens with zero attached hydrogens (tertiary/aromatic N) is 5. The Morgan fingerprint density at radius 1 is 1.27 bits per heavy atom. The molecule has 1 fully saturated rings. The molecular weight excluding hydrogens is 478 g/mol. The number of benzene rings is 2. The number of rotatable bonds is 11. The summed E-state index contributed by atoms with van der Waals surface area (Å²) >= 11 is 0. The number of hydrogen-bond donors (Lipinski definition) is 1. The highest BCUT2D eigenvalue weighted by molar-refractivity contribution is 5.99. The van der Waals surface area contributed by atoms with Crippen LogP contribution in [-0.4, -0.2) is 60.9 Å². The number of piperidine rings is 1. The first-order valence-corrected chi connectivity index (χ1v) is 12.4. The fourth-order valence-electron chi connectivity index (χ4n) is 4.94. The van der Waals surface area contributed by atoms with E-state index in [9.17, 15) is 9.18 Å².